The van der Waals surface area contributed by atoms with Crippen LogP contribution >= 0.6 is 0 Å². The first kappa shape index (κ1) is 15.5. The molecule has 108 valence electrons. The van der Waals surface area contributed by atoms with Crippen LogP contribution in [0.3, 0.4) is 0 Å². The van der Waals surface area contributed by atoms with Crippen LogP contribution < -0.4 is 16.4 Å². The van der Waals surface area contributed by atoms with Crippen molar-refractivity contribution in [1.29, 1.82) is 0 Å². The van der Waals surface area contributed by atoms with Gasteiger partial charge in [0.15, 0.2) is 0 Å². The Bertz CT molecular complexity index is 506. The van der Waals surface area contributed by atoms with Gasteiger partial charge in [0.1, 0.15) is 0 Å². The number of benzene rings is 1. The molecule has 1 fully saturated rings. The second-order valence-electron chi connectivity index (χ2n) is 3.86. The first-order valence-corrected chi connectivity index (χ1v) is 6.84. The number of nitrogens with zero attached hydrogens (tertiary/aromatic N) is 1. The van der Waals surface area contributed by atoms with Crippen LogP contribution in [0.5, 0.6) is 0 Å². The lowest BCUT2D eigenvalue weighted by atomic mass is 10.2. The van der Waals surface area contributed by atoms with Gasteiger partial charge in [-0.3, -0.25) is 9.11 Å². The minimum Gasteiger partial charge on any atom is -0.397 e. The first-order valence-electron chi connectivity index (χ1n) is 5.45. The molecule has 0 aliphatic carbocycles. The Labute approximate surface area is 111 Å². The first-order chi connectivity index (χ1) is 8.77. The predicted octanol–water partition coefficient (Wildman–Crippen LogP) is 0.0348. The molecule has 0 amide bonds. The summed E-state index contributed by atoms with van der Waals surface area (Å²) in [6.45, 7) is 3.40. The van der Waals surface area contributed by atoms with Crippen LogP contribution in [0.15, 0.2) is 18.2 Å². The van der Waals surface area contributed by atoms with E-state index < -0.39 is 10.4 Å². The van der Waals surface area contributed by atoms with Gasteiger partial charge in [-0.1, -0.05) is 0 Å². The topological polar surface area (TPSA) is 139 Å². The van der Waals surface area contributed by atoms with E-state index in [1.165, 1.54) is 0 Å². The fourth-order valence-corrected chi connectivity index (χ4v) is 1.58. The van der Waals surface area contributed by atoms with Crippen molar-refractivity contribution < 1.29 is 22.3 Å². The minimum absolute atomic E-state index is 0.641. The number of morpholine rings is 1. The number of hydrogen-bond acceptors (Lipinski definition) is 6. The molecule has 1 aliphatic rings. The van der Waals surface area contributed by atoms with E-state index in [0.717, 1.165) is 32.0 Å². The van der Waals surface area contributed by atoms with Gasteiger partial charge in [0.05, 0.1) is 24.6 Å². The molecule has 0 bridgehead atoms. The Kier molecular flexibility index (Phi) is 5.36. The summed E-state index contributed by atoms with van der Waals surface area (Å²) in [5.74, 6) is 0. The highest BCUT2D eigenvalue weighted by molar-refractivity contribution is 7.79. The summed E-state index contributed by atoms with van der Waals surface area (Å²) in [4.78, 5) is 2.25. The van der Waals surface area contributed by atoms with Gasteiger partial charge in [-0.2, -0.15) is 8.42 Å². The summed E-state index contributed by atoms with van der Waals surface area (Å²) in [7, 11) is -4.67. The summed E-state index contributed by atoms with van der Waals surface area (Å²) in [6.07, 6.45) is 0. The molecular weight excluding hydrogens is 274 g/mol. The molecule has 0 spiro atoms. The quantitative estimate of drug-likeness (QED) is 0.420. The van der Waals surface area contributed by atoms with E-state index in [1.54, 1.807) is 0 Å². The molecule has 1 saturated heterocycles. The fraction of sp³-hybridized carbons (Fsp3) is 0.400. The summed E-state index contributed by atoms with van der Waals surface area (Å²) in [5, 5.41) is 0. The number of nitrogen functional groups attached to an aromatic ring is 2. The molecule has 1 aromatic carbocycles. The van der Waals surface area contributed by atoms with Crippen LogP contribution in [0.2, 0.25) is 0 Å². The predicted molar refractivity (Wildman–Crippen MR) is 72.5 cm³/mol. The lowest BCUT2D eigenvalue weighted by molar-refractivity contribution is 0.122. The zero-order valence-corrected chi connectivity index (χ0v) is 11.0. The number of hydrogen-bond donors (Lipinski definition) is 4. The summed E-state index contributed by atoms with van der Waals surface area (Å²) < 4.78 is 36.9. The molecule has 1 aromatic rings. The maximum absolute atomic E-state index is 8.74. The molecule has 6 N–H and O–H groups in total. The highest BCUT2D eigenvalue weighted by atomic mass is 32.3. The van der Waals surface area contributed by atoms with E-state index in [9.17, 15) is 0 Å². The van der Waals surface area contributed by atoms with Crippen LogP contribution in [-0.4, -0.2) is 43.8 Å². The Morgan fingerprint density at radius 2 is 1.63 bits per heavy atom. The molecule has 0 saturated carbocycles. The standard InChI is InChI=1S/C10H15N3O.H2O4S/c11-9-2-1-8(7-10(9)12)13-3-5-14-6-4-13;1-5(2,3)4/h1-2,7H,3-6,11-12H2;(H2,1,2,3,4). The van der Waals surface area contributed by atoms with Gasteiger partial charge in [0.25, 0.3) is 0 Å². The monoisotopic (exact) mass is 291 g/mol. The van der Waals surface area contributed by atoms with Crippen molar-refractivity contribution in [3.05, 3.63) is 18.2 Å². The fourth-order valence-electron chi connectivity index (χ4n) is 1.58. The molecule has 0 unspecified atom stereocenters. The molecule has 8 nitrogen and oxygen atoms in total. The summed E-state index contributed by atoms with van der Waals surface area (Å²) in [6, 6.07) is 5.76. The highest BCUT2D eigenvalue weighted by Crippen LogP contribution is 2.23. The smallest absolute Gasteiger partial charge is 0.394 e. The average molecular weight is 291 g/mol. The maximum Gasteiger partial charge on any atom is 0.394 e. The Morgan fingerprint density at radius 3 is 2.11 bits per heavy atom. The number of rotatable bonds is 1. The molecular formula is C10H17N3O5S. The van der Waals surface area contributed by atoms with Gasteiger partial charge in [-0.25, -0.2) is 0 Å². The van der Waals surface area contributed by atoms with Crippen molar-refractivity contribution in [2.75, 3.05) is 42.7 Å². The van der Waals surface area contributed by atoms with Gasteiger partial charge in [0, 0.05) is 18.8 Å². The third-order valence-corrected chi connectivity index (χ3v) is 2.45. The van der Waals surface area contributed by atoms with Gasteiger partial charge in [-0.15, -0.1) is 0 Å². The van der Waals surface area contributed by atoms with Crippen molar-refractivity contribution >= 4 is 27.5 Å². The second-order valence-corrected chi connectivity index (χ2v) is 4.76. The molecule has 1 heterocycles. The van der Waals surface area contributed by atoms with Crippen LogP contribution in [0.4, 0.5) is 17.1 Å². The van der Waals surface area contributed by atoms with E-state index in [4.69, 9.17) is 33.7 Å². The highest BCUT2D eigenvalue weighted by Gasteiger charge is 2.11. The zero-order chi connectivity index (χ0) is 14.5. The Hall–Kier alpha value is -1.55. The lowest BCUT2D eigenvalue weighted by Gasteiger charge is -2.29. The maximum atomic E-state index is 8.74. The molecule has 0 atom stereocenters. The Morgan fingerprint density at radius 1 is 1.11 bits per heavy atom. The van der Waals surface area contributed by atoms with Crippen molar-refractivity contribution in [2.24, 2.45) is 0 Å². The normalized spacial score (nSPS) is 15.6. The third kappa shape index (κ3) is 6.25. The second kappa shape index (κ2) is 6.57. The van der Waals surface area contributed by atoms with Crippen LogP contribution in [-0.2, 0) is 15.1 Å². The third-order valence-electron chi connectivity index (χ3n) is 2.45. The molecule has 0 aromatic heterocycles. The SMILES string of the molecule is Nc1ccc(N2CCOCC2)cc1N.O=S(=O)(O)O. The average Bonchev–Trinajstić information content (AvgIpc) is 2.32. The molecule has 9 heteroatoms. The van der Waals surface area contributed by atoms with Crippen LogP contribution in [0.25, 0.3) is 0 Å². The largest absolute Gasteiger partial charge is 0.397 e. The molecule has 1 aliphatic heterocycles. The lowest BCUT2D eigenvalue weighted by Crippen LogP contribution is -2.36. The van der Waals surface area contributed by atoms with E-state index in [2.05, 4.69) is 4.90 Å². The number of nitrogens with two attached hydrogens (primary N) is 2. The molecule has 19 heavy (non-hydrogen) atoms. The van der Waals surface area contributed by atoms with Crippen molar-refractivity contribution in [3.8, 4) is 0 Å². The van der Waals surface area contributed by atoms with Crippen molar-refractivity contribution in [3.63, 3.8) is 0 Å². The van der Waals surface area contributed by atoms with E-state index in [-0.39, 0.29) is 0 Å². The van der Waals surface area contributed by atoms with E-state index in [1.807, 2.05) is 18.2 Å². The zero-order valence-electron chi connectivity index (χ0n) is 10.2. The van der Waals surface area contributed by atoms with Gasteiger partial charge in [-0.05, 0) is 18.2 Å². The van der Waals surface area contributed by atoms with Crippen molar-refractivity contribution in [2.45, 2.75) is 0 Å². The van der Waals surface area contributed by atoms with E-state index in [0.29, 0.717) is 11.4 Å². The number of anilines is 3. The van der Waals surface area contributed by atoms with Gasteiger partial charge in [0.2, 0.25) is 0 Å². The van der Waals surface area contributed by atoms with Gasteiger partial charge >= 0.3 is 10.4 Å². The summed E-state index contributed by atoms with van der Waals surface area (Å²) >= 11 is 0. The van der Waals surface area contributed by atoms with E-state index >= 15 is 0 Å². The molecule has 2 rings (SSSR count). The van der Waals surface area contributed by atoms with Crippen molar-refractivity contribution in [1.82, 2.24) is 0 Å². The summed E-state index contributed by atoms with van der Waals surface area (Å²) in [5.41, 5.74) is 13.8. The minimum atomic E-state index is -4.67. The van der Waals surface area contributed by atoms with Gasteiger partial charge < -0.3 is 21.1 Å². The number of ether oxygens (including phenoxy) is 1. The van der Waals surface area contributed by atoms with Crippen LogP contribution in [0.1, 0.15) is 0 Å². The van der Waals surface area contributed by atoms with Crippen LogP contribution in [0, 0.1) is 0 Å². The molecule has 0 radical (unpaired) electrons. The Balaban J connectivity index is 0.000000312.